The minimum absolute atomic E-state index is 0.0196. The predicted molar refractivity (Wildman–Crippen MR) is 128 cm³/mol. The van der Waals surface area contributed by atoms with Gasteiger partial charge in [0.1, 0.15) is 0 Å². The summed E-state index contributed by atoms with van der Waals surface area (Å²) in [6.07, 6.45) is 13.1. The van der Waals surface area contributed by atoms with Crippen molar-refractivity contribution < 1.29 is 15.0 Å². The van der Waals surface area contributed by atoms with Crippen molar-refractivity contribution in [3.63, 3.8) is 0 Å². The Morgan fingerprint density at radius 2 is 1.66 bits per heavy atom. The van der Waals surface area contributed by atoms with Crippen LogP contribution in [-0.2, 0) is 4.79 Å². The number of aliphatic hydroxyl groups is 1. The summed E-state index contributed by atoms with van der Waals surface area (Å²) in [6, 6.07) is 0. The maximum atomic E-state index is 12.1. The minimum atomic E-state index is -0.608. The molecule has 0 aromatic heterocycles. The zero-order chi connectivity index (χ0) is 23.3. The summed E-state index contributed by atoms with van der Waals surface area (Å²) in [5.74, 6) is 0.940. The molecule has 0 heterocycles. The molecule has 9 atom stereocenters. The van der Waals surface area contributed by atoms with Crippen LogP contribution < -0.4 is 0 Å². The summed E-state index contributed by atoms with van der Waals surface area (Å²) in [5, 5.41) is 20.8. The van der Waals surface area contributed by atoms with Gasteiger partial charge in [0.05, 0.1) is 12.0 Å². The number of carboxylic acids is 1. The quantitative estimate of drug-likeness (QED) is 0.451. The Hall–Kier alpha value is -1.09. The van der Waals surface area contributed by atoms with Crippen LogP contribution in [0.2, 0.25) is 0 Å². The van der Waals surface area contributed by atoms with Gasteiger partial charge in [-0.15, -0.1) is 0 Å². The van der Waals surface area contributed by atoms with Crippen molar-refractivity contribution in [1.82, 2.24) is 0 Å². The summed E-state index contributed by atoms with van der Waals surface area (Å²) < 4.78 is 0. The lowest BCUT2D eigenvalue weighted by atomic mass is 9.34. The first-order chi connectivity index (χ1) is 14.9. The Kier molecular flexibility index (Phi) is 4.94. The molecule has 0 amide bonds. The van der Waals surface area contributed by atoms with Gasteiger partial charge in [-0.1, -0.05) is 57.9 Å². The van der Waals surface area contributed by atoms with E-state index in [0.717, 1.165) is 32.1 Å². The maximum Gasteiger partial charge on any atom is 0.307 e. The van der Waals surface area contributed by atoms with E-state index in [1.54, 1.807) is 5.57 Å². The lowest BCUT2D eigenvalue weighted by Crippen LogP contribution is -2.64. The van der Waals surface area contributed by atoms with Gasteiger partial charge in [-0.2, -0.15) is 0 Å². The van der Waals surface area contributed by atoms with Gasteiger partial charge >= 0.3 is 5.97 Å². The third-order valence-electron chi connectivity index (χ3n) is 12.3. The SMILES string of the molecule is CC1=CCC(C(=O)O)C2CCC3(C)C(=CCC4C5(C)CCC(O)C(C)(C)C5CCC43C)C12. The summed E-state index contributed by atoms with van der Waals surface area (Å²) in [7, 11) is 0. The van der Waals surface area contributed by atoms with Gasteiger partial charge in [-0.05, 0) is 97.7 Å². The molecule has 3 nitrogen and oxygen atoms in total. The third kappa shape index (κ3) is 2.67. The van der Waals surface area contributed by atoms with Crippen molar-refractivity contribution in [2.75, 3.05) is 0 Å². The van der Waals surface area contributed by atoms with Gasteiger partial charge in [-0.3, -0.25) is 4.79 Å². The number of aliphatic hydroxyl groups excluding tert-OH is 1. The van der Waals surface area contributed by atoms with Gasteiger partial charge in [-0.25, -0.2) is 0 Å². The van der Waals surface area contributed by atoms with E-state index in [0.29, 0.717) is 24.2 Å². The zero-order valence-electron chi connectivity index (χ0n) is 21.1. The zero-order valence-corrected chi connectivity index (χ0v) is 21.1. The van der Waals surface area contributed by atoms with E-state index >= 15 is 0 Å². The summed E-state index contributed by atoms with van der Waals surface area (Å²) in [4.78, 5) is 12.1. The Labute approximate surface area is 194 Å². The Balaban J connectivity index is 1.58. The van der Waals surface area contributed by atoms with Crippen LogP contribution in [0.3, 0.4) is 0 Å². The second-order valence-corrected chi connectivity index (χ2v) is 13.5. The van der Waals surface area contributed by atoms with Crippen LogP contribution in [0.4, 0.5) is 0 Å². The number of hydrogen-bond acceptors (Lipinski definition) is 2. The molecule has 32 heavy (non-hydrogen) atoms. The first kappa shape index (κ1) is 22.7. The molecule has 3 heteroatoms. The summed E-state index contributed by atoms with van der Waals surface area (Å²) in [5.41, 5.74) is 3.61. The van der Waals surface area contributed by atoms with Crippen LogP contribution in [0.25, 0.3) is 0 Å². The van der Waals surface area contributed by atoms with Gasteiger partial charge in [0.25, 0.3) is 0 Å². The van der Waals surface area contributed by atoms with Crippen LogP contribution in [0.15, 0.2) is 23.3 Å². The number of rotatable bonds is 1. The molecule has 0 aromatic rings. The van der Waals surface area contributed by atoms with Crippen molar-refractivity contribution in [2.24, 2.45) is 51.2 Å². The van der Waals surface area contributed by atoms with Crippen molar-refractivity contribution in [2.45, 2.75) is 99.0 Å². The normalized spacial score (nSPS) is 51.8. The maximum absolute atomic E-state index is 12.1. The highest BCUT2D eigenvalue weighted by Crippen LogP contribution is 2.74. The number of fused-ring (bicyclic) bond motifs is 7. The number of allylic oxidation sites excluding steroid dienone is 4. The molecule has 5 aliphatic carbocycles. The van der Waals surface area contributed by atoms with Crippen LogP contribution in [0, 0.1) is 51.2 Å². The topological polar surface area (TPSA) is 57.5 Å². The fraction of sp³-hybridized carbons (Fsp3) is 0.828. The first-order valence-electron chi connectivity index (χ1n) is 13.2. The Morgan fingerprint density at radius 1 is 0.938 bits per heavy atom. The largest absolute Gasteiger partial charge is 0.481 e. The molecule has 0 saturated heterocycles. The van der Waals surface area contributed by atoms with Gasteiger partial charge < -0.3 is 10.2 Å². The second kappa shape index (κ2) is 6.96. The molecule has 0 spiro atoms. The van der Waals surface area contributed by atoms with E-state index in [-0.39, 0.29) is 39.6 Å². The third-order valence-corrected chi connectivity index (χ3v) is 12.3. The molecule has 0 bridgehead atoms. The lowest BCUT2D eigenvalue weighted by molar-refractivity contribution is -0.199. The van der Waals surface area contributed by atoms with Crippen molar-refractivity contribution in [3.05, 3.63) is 23.3 Å². The van der Waals surface area contributed by atoms with Crippen LogP contribution >= 0.6 is 0 Å². The molecule has 9 unspecified atom stereocenters. The van der Waals surface area contributed by atoms with E-state index in [1.165, 1.54) is 18.4 Å². The summed E-state index contributed by atoms with van der Waals surface area (Å²) in [6.45, 7) is 14.5. The average molecular weight is 441 g/mol. The number of carboxylic acid groups (broad SMARTS) is 1. The van der Waals surface area contributed by atoms with Crippen LogP contribution in [0.5, 0.6) is 0 Å². The van der Waals surface area contributed by atoms with E-state index < -0.39 is 5.97 Å². The van der Waals surface area contributed by atoms with Gasteiger partial charge in [0.2, 0.25) is 0 Å². The standard InChI is InChI=1S/C29H44O3/c1-17-7-8-19(25(31)32)18-11-15-28(5)20(24(17)18)9-10-22-27(4)14-13-23(30)26(2,3)21(27)12-16-29(22,28)6/h7,9,18-19,21-24,30H,8,10-16H2,1-6H3,(H,31,32). The lowest BCUT2D eigenvalue weighted by Gasteiger charge is -2.70. The van der Waals surface area contributed by atoms with E-state index in [9.17, 15) is 15.0 Å². The highest BCUT2D eigenvalue weighted by Gasteiger charge is 2.67. The van der Waals surface area contributed by atoms with Crippen molar-refractivity contribution >= 4 is 5.97 Å². The van der Waals surface area contributed by atoms with Crippen LogP contribution in [0.1, 0.15) is 92.9 Å². The molecule has 5 aliphatic rings. The van der Waals surface area contributed by atoms with E-state index in [4.69, 9.17) is 0 Å². The molecule has 0 radical (unpaired) electrons. The fourth-order valence-electron chi connectivity index (χ4n) is 10.2. The predicted octanol–water partition coefficient (Wildman–Crippen LogP) is 6.62. The Morgan fingerprint density at radius 3 is 2.34 bits per heavy atom. The Bertz CT molecular complexity index is 883. The number of hydrogen-bond donors (Lipinski definition) is 2. The molecule has 2 N–H and O–H groups in total. The molecular formula is C29H44O3. The molecule has 0 aromatic carbocycles. The van der Waals surface area contributed by atoms with Crippen LogP contribution in [-0.4, -0.2) is 22.3 Å². The highest BCUT2D eigenvalue weighted by molar-refractivity contribution is 5.71. The monoisotopic (exact) mass is 440 g/mol. The first-order valence-corrected chi connectivity index (χ1v) is 13.2. The molecule has 3 fully saturated rings. The molecule has 5 rings (SSSR count). The highest BCUT2D eigenvalue weighted by atomic mass is 16.4. The summed E-state index contributed by atoms with van der Waals surface area (Å²) >= 11 is 0. The van der Waals surface area contributed by atoms with E-state index in [1.807, 2.05) is 0 Å². The van der Waals surface area contributed by atoms with Gasteiger partial charge in [0.15, 0.2) is 0 Å². The molecule has 0 aliphatic heterocycles. The second-order valence-electron chi connectivity index (χ2n) is 13.5. The smallest absolute Gasteiger partial charge is 0.307 e. The van der Waals surface area contributed by atoms with E-state index in [2.05, 4.69) is 53.7 Å². The fourth-order valence-corrected chi connectivity index (χ4v) is 10.2. The van der Waals surface area contributed by atoms with Crippen molar-refractivity contribution in [3.8, 4) is 0 Å². The van der Waals surface area contributed by atoms with Crippen molar-refractivity contribution in [1.29, 1.82) is 0 Å². The number of carbonyl (C=O) groups is 1. The average Bonchev–Trinajstić information content (AvgIpc) is 2.71. The minimum Gasteiger partial charge on any atom is -0.481 e. The number of aliphatic carboxylic acids is 1. The molecule has 3 saturated carbocycles. The molecule has 178 valence electrons. The van der Waals surface area contributed by atoms with Gasteiger partial charge in [0, 0.05) is 5.92 Å². The molecular weight excluding hydrogens is 396 g/mol.